The predicted molar refractivity (Wildman–Crippen MR) is 75.2 cm³/mol. The van der Waals surface area contributed by atoms with Crippen molar-refractivity contribution in [2.24, 2.45) is 0 Å². The van der Waals surface area contributed by atoms with Crippen LogP contribution in [0.1, 0.15) is 5.56 Å². The number of hydrogen-bond donors (Lipinski definition) is 0. The standard InChI is InChI=1S/C8H8.C8H10/c1-2-8-6-4-3-5-7-8;1-3-5-7-8-6-4-2/h2-7H,1H2;3-8H,1-2H2. The van der Waals surface area contributed by atoms with Crippen molar-refractivity contribution in [2.45, 2.75) is 0 Å². The van der Waals surface area contributed by atoms with Crippen molar-refractivity contribution >= 4 is 6.08 Å². The summed E-state index contributed by atoms with van der Waals surface area (Å²) < 4.78 is 0. The predicted octanol–water partition coefficient (Wildman–Crippen LogP) is 4.80. The van der Waals surface area contributed by atoms with E-state index in [0.717, 1.165) is 0 Å². The zero-order valence-corrected chi connectivity index (χ0v) is 9.55. The van der Waals surface area contributed by atoms with Gasteiger partial charge in [-0.2, -0.15) is 0 Å². The summed E-state index contributed by atoms with van der Waals surface area (Å²) in [5.41, 5.74) is 1.17. The van der Waals surface area contributed by atoms with Crippen LogP contribution in [0, 0.1) is 0 Å². The molecule has 82 valence electrons. The molecular weight excluding hydrogens is 192 g/mol. The van der Waals surface area contributed by atoms with Crippen molar-refractivity contribution in [2.75, 3.05) is 0 Å². The molecule has 0 aliphatic heterocycles. The summed E-state index contributed by atoms with van der Waals surface area (Å²) >= 11 is 0. The molecule has 0 aliphatic rings. The van der Waals surface area contributed by atoms with E-state index in [-0.39, 0.29) is 0 Å². The van der Waals surface area contributed by atoms with Gasteiger partial charge in [0.15, 0.2) is 0 Å². The SMILES string of the molecule is C=CC=CC=CC=C.C=Cc1ccccc1. The monoisotopic (exact) mass is 210 g/mol. The van der Waals surface area contributed by atoms with Gasteiger partial charge < -0.3 is 0 Å². The van der Waals surface area contributed by atoms with Gasteiger partial charge in [0.1, 0.15) is 0 Å². The molecule has 0 aromatic heterocycles. The molecule has 0 nitrogen and oxygen atoms in total. The fourth-order valence-corrected chi connectivity index (χ4v) is 0.875. The van der Waals surface area contributed by atoms with Crippen LogP contribution >= 0.6 is 0 Å². The second kappa shape index (κ2) is 11.0. The Kier molecular flexibility index (Phi) is 9.57. The van der Waals surface area contributed by atoms with Crippen molar-refractivity contribution in [1.29, 1.82) is 0 Å². The van der Waals surface area contributed by atoms with Crippen LogP contribution in [0.15, 0.2) is 86.5 Å². The number of benzene rings is 1. The minimum atomic E-state index is 1.17. The molecule has 0 fully saturated rings. The first-order chi connectivity index (χ1) is 7.85. The molecule has 16 heavy (non-hydrogen) atoms. The van der Waals surface area contributed by atoms with Crippen LogP contribution in [0.2, 0.25) is 0 Å². The zero-order chi connectivity index (χ0) is 12.1. The molecule has 0 aliphatic carbocycles. The first kappa shape index (κ1) is 13.9. The molecule has 0 saturated heterocycles. The van der Waals surface area contributed by atoms with Gasteiger partial charge in [-0.3, -0.25) is 0 Å². The summed E-state index contributed by atoms with van der Waals surface area (Å²) in [4.78, 5) is 0. The molecular formula is C16H18. The third-order valence-electron chi connectivity index (χ3n) is 1.64. The second-order valence-electron chi connectivity index (χ2n) is 2.86. The summed E-state index contributed by atoms with van der Waals surface area (Å²) in [6, 6.07) is 10.0. The topological polar surface area (TPSA) is 0 Å². The molecule has 0 N–H and O–H groups in total. The summed E-state index contributed by atoms with van der Waals surface area (Å²) in [6.07, 6.45) is 12.8. The Morgan fingerprint density at radius 1 is 0.688 bits per heavy atom. The highest BCUT2D eigenvalue weighted by molar-refractivity contribution is 5.45. The molecule has 0 amide bonds. The number of allylic oxidation sites excluding steroid dienone is 6. The van der Waals surface area contributed by atoms with E-state index in [1.165, 1.54) is 5.56 Å². The molecule has 0 bridgehead atoms. The van der Waals surface area contributed by atoms with E-state index < -0.39 is 0 Å². The second-order valence-corrected chi connectivity index (χ2v) is 2.86. The lowest BCUT2D eigenvalue weighted by Crippen LogP contribution is -1.63. The maximum Gasteiger partial charge on any atom is -0.0263 e. The number of rotatable bonds is 4. The molecule has 1 aromatic carbocycles. The largest absolute Gasteiger partial charge is 0.0991 e. The van der Waals surface area contributed by atoms with Crippen molar-refractivity contribution in [3.8, 4) is 0 Å². The van der Waals surface area contributed by atoms with E-state index in [1.807, 2.05) is 60.7 Å². The van der Waals surface area contributed by atoms with Crippen molar-refractivity contribution in [1.82, 2.24) is 0 Å². The quantitative estimate of drug-likeness (QED) is 0.626. The normalized spacial score (nSPS) is 9.50. The van der Waals surface area contributed by atoms with Crippen LogP contribution in [0.25, 0.3) is 6.08 Å². The van der Waals surface area contributed by atoms with Gasteiger partial charge in [0.05, 0.1) is 0 Å². The van der Waals surface area contributed by atoms with Crippen molar-refractivity contribution in [3.05, 3.63) is 92.1 Å². The fourth-order valence-electron chi connectivity index (χ4n) is 0.875. The van der Waals surface area contributed by atoms with Crippen LogP contribution in [0.5, 0.6) is 0 Å². The van der Waals surface area contributed by atoms with Crippen LogP contribution in [0.3, 0.4) is 0 Å². The molecule has 1 aromatic rings. The van der Waals surface area contributed by atoms with Gasteiger partial charge in [-0.25, -0.2) is 0 Å². The lowest BCUT2D eigenvalue weighted by Gasteiger charge is -1.85. The third kappa shape index (κ3) is 8.52. The van der Waals surface area contributed by atoms with E-state index in [4.69, 9.17) is 0 Å². The Labute approximate surface area is 98.6 Å². The smallest absolute Gasteiger partial charge is 0.0263 e. The highest BCUT2D eigenvalue weighted by Gasteiger charge is 1.75. The molecule has 0 atom stereocenters. The maximum atomic E-state index is 3.63. The first-order valence-corrected chi connectivity index (χ1v) is 5.09. The van der Waals surface area contributed by atoms with E-state index in [0.29, 0.717) is 0 Å². The van der Waals surface area contributed by atoms with E-state index in [2.05, 4.69) is 19.7 Å². The molecule has 0 heteroatoms. The van der Waals surface area contributed by atoms with Crippen molar-refractivity contribution in [3.63, 3.8) is 0 Å². The van der Waals surface area contributed by atoms with Gasteiger partial charge in [-0.05, 0) is 5.56 Å². The summed E-state index contributed by atoms with van der Waals surface area (Å²) in [7, 11) is 0. The van der Waals surface area contributed by atoms with Crippen LogP contribution in [0.4, 0.5) is 0 Å². The van der Waals surface area contributed by atoms with Gasteiger partial charge in [0.2, 0.25) is 0 Å². The van der Waals surface area contributed by atoms with Gasteiger partial charge in [0.25, 0.3) is 0 Å². The summed E-state index contributed by atoms with van der Waals surface area (Å²) in [5, 5.41) is 0. The average molecular weight is 210 g/mol. The van der Waals surface area contributed by atoms with Gasteiger partial charge >= 0.3 is 0 Å². The molecule has 0 saturated carbocycles. The van der Waals surface area contributed by atoms with Gasteiger partial charge in [-0.1, -0.05) is 92.6 Å². The van der Waals surface area contributed by atoms with Gasteiger partial charge in [0, 0.05) is 0 Å². The van der Waals surface area contributed by atoms with Crippen LogP contribution in [-0.2, 0) is 0 Å². The van der Waals surface area contributed by atoms with E-state index in [1.54, 1.807) is 12.2 Å². The van der Waals surface area contributed by atoms with Crippen LogP contribution < -0.4 is 0 Å². The maximum absolute atomic E-state index is 3.63. The van der Waals surface area contributed by atoms with Gasteiger partial charge in [-0.15, -0.1) is 0 Å². The molecule has 1 rings (SSSR count). The molecule has 0 radical (unpaired) electrons. The van der Waals surface area contributed by atoms with E-state index >= 15 is 0 Å². The lowest BCUT2D eigenvalue weighted by atomic mass is 10.2. The van der Waals surface area contributed by atoms with Crippen molar-refractivity contribution < 1.29 is 0 Å². The lowest BCUT2D eigenvalue weighted by molar-refractivity contribution is 1.67. The Hall–Kier alpha value is -2.08. The first-order valence-electron chi connectivity index (χ1n) is 5.09. The minimum absolute atomic E-state index is 1.17. The zero-order valence-electron chi connectivity index (χ0n) is 9.55. The average Bonchev–Trinajstić information content (AvgIpc) is 2.36. The fraction of sp³-hybridized carbons (Fsp3) is 0. The highest BCUT2D eigenvalue weighted by Crippen LogP contribution is 1.97. The van der Waals surface area contributed by atoms with Crippen LogP contribution in [-0.4, -0.2) is 0 Å². The Balaban J connectivity index is 0.000000281. The third-order valence-corrected chi connectivity index (χ3v) is 1.64. The number of hydrogen-bond acceptors (Lipinski definition) is 0. The molecule has 0 heterocycles. The minimum Gasteiger partial charge on any atom is -0.0991 e. The summed E-state index contributed by atoms with van der Waals surface area (Å²) in [6.45, 7) is 10.7. The Morgan fingerprint density at radius 2 is 1.19 bits per heavy atom. The Morgan fingerprint density at radius 3 is 1.50 bits per heavy atom. The molecule has 0 unspecified atom stereocenters. The highest BCUT2D eigenvalue weighted by atomic mass is 13.8. The Bertz CT molecular complexity index is 337. The van der Waals surface area contributed by atoms with E-state index in [9.17, 15) is 0 Å². The summed E-state index contributed by atoms with van der Waals surface area (Å²) in [5.74, 6) is 0. The molecule has 0 spiro atoms.